The van der Waals surface area contributed by atoms with E-state index in [9.17, 15) is 0 Å². The molecule has 13 heavy (non-hydrogen) atoms. The lowest BCUT2D eigenvalue weighted by Gasteiger charge is -2.30. The van der Waals surface area contributed by atoms with Gasteiger partial charge in [0.15, 0.2) is 5.17 Å². The molecule has 0 fully saturated rings. The van der Waals surface area contributed by atoms with Crippen molar-refractivity contribution >= 4 is 16.9 Å². The smallest absolute Gasteiger partial charge is 0.158 e. The molecule has 0 aromatic heterocycles. The molecule has 0 atom stereocenters. The first kappa shape index (κ1) is 10.6. The van der Waals surface area contributed by atoms with Crippen molar-refractivity contribution in [3.8, 4) is 0 Å². The lowest BCUT2D eigenvalue weighted by molar-refractivity contribution is 0.368. The van der Waals surface area contributed by atoms with Crippen LogP contribution >= 0.6 is 11.8 Å². The van der Waals surface area contributed by atoms with Crippen LogP contribution in [0.3, 0.4) is 0 Å². The van der Waals surface area contributed by atoms with Gasteiger partial charge in [-0.05, 0) is 23.8 Å². The molecule has 0 saturated carbocycles. The Hall–Kier alpha value is -0.440. The minimum absolute atomic E-state index is 0.317. The van der Waals surface area contributed by atoms with E-state index >= 15 is 0 Å². The number of rotatable bonds is 3. The second kappa shape index (κ2) is 4.18. The van der Waals surface area contributed by atoms with Gasteiger partial charge in [0.25, 0.3) is 0 Å². The van der Waals surface area contributed by atoms with Crippen LogP contribution < -0.4 is 5.73 Å². The van der Waals surface area contributed by atoms with Gasteiger partial charge in [-0.2, -0.15) is 0 Å². The molecule has 1 rings (SSSR count). The Morgan fingerprint density at radius 2 is 2.15 bits per heavy atom. The van der Waals surface area contributed by atoms with Crippen LogP contribution in [0.2, 0.25) is 0 Å². The van der Waals surface area contributed by atoms with Crippen molar-refractivity contribution in [3.05, 3.63) is 11.8 Å². The quantitative estimate of drug-likeness (QED) is 0.757. The number of hydrogen-bond donors (Lipinski definition) is 1. The second-order valence-electron chi connectivity index (χ2n) is 3.68. The standard InChI is InChI=1S/C10H18N2S/c1-4-10(3,5-2)8-6-12-9(11)13-7-8/h6H,4-5,7H2,1-3H3,(H2,11,12). The zero-order valence-corrected chi connectivity index (χ0v) is 9.45. The maximum atomic E-state index is 5.59. The van der Waals surface area contributed by atoms with Crippen molar-refractivity contribution in [2.24, 2.45) is 16.1 Å². The first-order chi connectivity index (χ1) is 6.12. The fraction of sp³-hybridized carbons (Fsp3) is 0.700. The number of amidine groups is 1. The van der Waals surface area contributed by atoms with E-state index in [1.54, 1.807) is 11.8 Å². The summed E-state index contributed by atoms with van der Waals surface area (Å²) in [5, 5.41) is 0.693. The van der Waals surface area contributed by atoms with E-state index in [0.29, 0.717) is 10.6 Å². The molecule has 74 valence electrons. The lowest BCUT2D eigenvalue weighted by Crippen LogP contribution is -2.22. The van der Waals surface area contributed by atoms with Crippen LogP contribution in [0, 0.1) is 5.41 Å². The SMILES string of the molecule is CCC(C)(CC)C1=CN=C(N)SC1. The van der Waals surface area contributed by atoms with Crippen LogP contribution in [-0.2, 0) is 0 Å². The van der Waals surface area contributed by atoms with Crippen molar-refractivity contribution in [1.82, 2.24) is 0 Å². The van der Waals surface area contributed by atoms with Crippen LogP contribution in [0.15, 0.2) is 16.8 Å². The Bertz CT molecular complexity index is 239. The maximum Gasteiger partial charge on any atom is 0.158 e. The molecule has 3 heteroatoms. The Balaban J connectivity index is 2.82. The number of hydrogen-bond acceptors (Lipinski definition) is 3. The molecule has 0 saturated heterocycles. The second-order valence-corrected chi connectivity index (χ2v) is 4.67. The van der Waals surface area contributed by atoms with E-state index in [1.165, 1.54) is 18.4 Å². The van der Waals surface area contributed by atoms with E-state index in [1.807, 2.05) is 6.20 Å². The van der Waals surface area contributed by atoms with Gasteiger partial charge in [0.2, 0.25) is 0 Å². The van der Waals surface area contributed by atoms with E-state index in [0.717, 1.165) is 5.75 Å². The molecule has 0 radical (unpaired) electrons. The number of aliphatic imine (C=N–C) groups is 1. The largest absolute Gasteiger partial charge is 0.378 e. The van der Waals surface area contributed by atoms with Crippen molar-refractivity contribution in [3.63, 3.8) is 0 Å². The Morgan fingerprint density at radius 3 is 2.54 bits per heavy atom. The van der Waals surface area contributed by atoms with Gasteiger partial charge in [-0.1, -0.05) is 32.5 Å². The summed E-state index contributed by atoms with van der Waals surface area (Å²) in [5.74, 6) is 1.01. The monoisotopic (exact) mass is 198 g/mol. The predicted octanol–water partition coefficient (Wildman–Crippen LogP) is 2.76. The van der Waals surface area contributed by atoms with E-state index in [2.05, 4.69) is 25.8 Å². The van der Waals surface area contributed by atoms with Crippen LogP contribution in [0.5, 0.6) is 0 Å². The first-order valence-corrected chi connectivity index (χ1v) is 5.76. The molecule has 0 unspecified atom stereocenters. The fourth-order valence-electron chi connectivity index (χ4n) is 1.40. The first-order valence-electron chi connectivity index (χ1n) is 4.78. The van der Waals surface area contributed by atoms with Crippen LogP contribution in [0.1, 0.15) is 33.6 Å². The summed E-state index contributed by atoms with van der Waals surface area (Å²) in [4.78, 5) is 4.17. The van der Waals surface area contributed by atoms with Gasteiger partial charge in [-0.15, -0.1) is 0 Å². The molecule has 0 aliphatic carbocycles. The Labute approximate surface area is 84.7 Å². The molecule has 1 heterocycles. The normalized spacial score (nSPS) is 18.1. The third-order valence-corrected chi connectivity index (χ3v) is 3.92. The van der Waals surface area contributed by atoms with Crippen molar-refractivity contribution in [1.29, 1.82) is 0 Å². The Morgan fingerprint density at radius 1 is 1.54 bits per heavy atom. The topological polar surface area (TPSA) is 38.4 Å². The highest BCUT2D eigenvalue weighted by Gasteiger charge is 2.26. The molecular formula is C10H18N2S. The predicted molar refractivity (Wildman–Crippen MR) is 60.9 cm³/mol. The lowest BCUT2D eigenvalue weighted by atomic mass is 9.78. The summed E-state index contributed by atoms with van der Waals surface area (Å²) in [7, 11) is 0. The molecule has 2 nitrogen and oxygen atoms in total. The zero-order valence-electron chi connectivity index (χ0n) is 8.63. The van der Waals surface area contributed by atoms with Crippen LogP contribution in [0.4, 0.5) is 0 Å². The molecule has 0 spiro atoms. The number of nitrogens with two attached hydrogens (primary N) is 1. The summed E-state index contributed by atoms with van der Waals surface area (Å²) in [6.45, 7) is 6.77. The molecule has 0 aromatic carbocycles. The average molecular weight is 198 g/mol. The van der Waals surface area contributed by atoms with E-state index < -0.39 is 0 Å². The van der Waals surface area contributed by atoms with Gasteiger partial charge < -0.3 is 5.73 Å². The molecular weight excluding hydrogens is 180 g/mol. The van der Waals surface area contributed by atoms with Gasteiger partial charge in [-0.3, -0.25) is 0 Å². The van der Waals surface area contributed by atoms with Gasteiger partial charge in [-0.25, -0.2) is 4.99 Å². The summed E-state index contributed by atoms with van der Waals surface area (Å²) >= 11 is 1.64. The summed E-state index contributed by atoms with van der Waals surface area (Å²) < 4.78 is 0. The fourth-order valence-corrected chi connectivity index (χ4v) is 2.26. The van der Waals surface area contributed by atoms with Gasteiger partial charge in [0, 0.05) is 12.0 Å². The van der Waals surface area contributed by atoms with Crippen LogP contribution in [-0.4, -0.2) is 10.9 Å². The average Bonchev–Trinajstić information content (AvgIpc) is 2.18. The van der Waals surface area contributed by atoms with E-state index in [-0.39, 0.29) is 0 Å². The van der Waals surface area contributed by atoms with Crippen molar-refractivity contribution < 1.29 is 0 Å². The number of nitrogens with zero attached hydrogens (tertiary/aromatic N) is 1. The highest BCUT2D eigenvalue weighted by molar-refractivity contribution is 8.14. The molecule has 0 aromatic rings. The molecule has 0 amide bonds. The van der Waals surface area contributed by atoms with Gasteiger partial charge in [0.05, 0.1) is 0 Å². The third-order valence-electron chi connectivity index (χ3n) is 3.06. The molecule has 0 bridgehead atoms. The molecule has 1 aliphatic heterocycles. The van der Waals surface area contributed by atoms with Crippen molar-refractivity contribution in [2.45, 2.75) is 33.6 Å². The zero-order chi connectivity index (χ0) is 9.90. The Kier molecular flexibility index (Phi) is 3.42. The minimum Gasteiger partial charge on any atom is -0.378 e. The highest BCUT2D eigenvalue weighted by atomic mass is 32.2. The van der Waals surface area contributed by atoms with E-state index in [4.69, 9.17) is 5.73 Å². The summed E-state index contributed by atoms with van der Waals surface area (Å²) in [6, 6.07) is 0. The maximum absolute atomic E-state index is 5.59. The summed E-state index contributed by atoms with van der Waals surface area (Å²) in [6.07, 6.45) is 4.30. The molecule has 1 aliphatic rings. The van der Waals surface area contributed by atoms with Crippen LogP contribution in [0.25, 0.3) is 0 Å². The minimum atomic E-state index is 0.317. The number of thioether (sulfide) groups is 1. The van der Waals surface area contributed by atoms with Gasteiger partial charge >= 0.3 is 0 Å². The highest BCUT2D eigenvalue weighted by Crippen LogP contribution is 2.37. The summed E-state index contributed by atoms with van der Waals surface area (Å²) in [5.41, 5.74) is 7.34. The van der Waals surface area contributed by atoms with Crippen molar-refractivity contribution in [2.75, 3.05) is 5.75 Å². The third kappa shape index (κ3) is 2.27. The molecule has 2 N–H and O–H groups in total. The van der Waals surface area contributed by atoms with Gasteiger partial charge in [0.1, 0.15) is 0 Å².